The zero-order valence-corrected chi connectivity index (χ0v) is 11.5. The van der Waals surface area contributed by atoms with Crippen molar-refractivity contribution in [2.45, 2.75) is 53.4 Å². The van der Waals surface area contributed by atoms with E-state index < -0.39 is 0 Å². The van der Waals surface area contributed by atoms with Gasteiger partial charge in [0.1, 0.15) is 0 Å². The Labute approximate surface area is 105 Å². The van der Waals surface area contributed by atoms with Crippen LogP contribution < -0.4 is 0 Å². The Bertz CT molecular complexity index is 318. The number of unbranched alkanes of at least 4 members (excludes halogenated alkanes) is 1. The van der Waals surface area contributed by atoms with Gasteiger partial charge in [-0.3, -0.25) is 0 Å². The van der Waals surface area contributed by atoms with E-state index in [4.69, 9.17) is 4.74 Å². The molecular formula is C15H24O2. The number of hydrogen-bond acceptors (Lipinski definition) is 2. The summed E-state index contributed by atoms with van der Waals surface area (Å²) in [6.45, 7) is 8.48. The topological polar surface area (TPSA) is 26.3 Å². The van der Waals surface area contributed by atoms with Gasteiger partial charge in [0.25, 0.3) is 0 Å². The molecule has 0 saturated heterocycles. The van der Waals surface area contributed by atoms with Crippen molar-refractivity contribution in [1.82, 2.24) is 0 Å². The molecule has 0 aliphatic heterocycles. The Hall–Kier alpha value is -1.27. The minimum Gasteiger partial charge on any atom is -0.462 e. The molecule has 0 atom stereocenters. The minimum absolute atomic E-state index is 0.218. The van der Waals surface area contributed by atoms with Crippen molar-refractivity contribution < 1.29 is 9.53 Å². The van der Waals surface area contributed by atoms with Gasteiger partial charge in [0, 0.05) is 0 Å². The molecule has 0 radical (unpaired) electrons. The van der Waals surface area contributed by atoms with Gasteiger partial charge in [-0.2, -0.15) is 0 Å². The van der Waals surface area contributed by atoms with E-state index in [9.17, 15) is 4.79 Å². The fourth-order valence-electron chi connectivity index (χ4n) is 1.38. The highest BCUT2D eigenvalue weighted by atomic mass is 16.5. The summed E-state index contributed by atoms with van der Waals surface area (Å²) in [7, 11) is 0. The lowest BCUT2D eigenvalue weighted by molar-refractivity contribution is -0.139. The monoisotopic (exact) mass is 236 g/mol. The van der Waals surface area contributed by atoms with Crippen LogP contribution in [0.1, 0.15) is 53.4 Å². The van der Waals surface area contributed by atoms with E-state index in [0.717, 1.165) is 31.3 Å². The fraction of sp³-hybridized carbons (Fsp3) is 0.600. The first kappa shape index (κ1) is 15.7. The van der Waals surface area contributed by atoms with Crippen LogP contribution in [-0.2, 0) is 9.53 Å². The van der Waals surface area contributed by atoms with Crippen molar-refractivity contribution in [3.05, 3.63) is 29.0 Å². The number of allylic oxidation sites excluding steroid dienone is 2. The molecule has 0 heterocycles. The van der Waals surface area contributed by atoms with Crippen LogP contribution >= 0.6 is 0 Å². The number of ether oxygens (including phenoxy) is 1. The average molecular weight is 236 g/mol. The second-order valence-corrected chi connectivity index (χ2v) is 4.03. The minimum atomic E-state index is -0.218. The summed E-state index contributed by atoms with van der Waals surface area (Å²) in [5, 5.41) is 0. The highest BCUT2D eigenvalue weighted by Crippen LogP contribution is 2.10. The smallest absolute Gasteiger partial charge is 0.341 e. The summed E-state index contributed by atoms with van der Waals surface area (Å²) >= 11 is 0. The standard InChI is InChI=1S/C15H24O2/c1-5-8-10-14(12-13(4)9-6-2)15(16)17-11-7-3/h6,9H,5,7-8,10-11H2,1-4H3/b9-6+. The van der Waals surface area contributed by atoms with Gasteiger partial charge < -0.3 is 4.74 Å². The van der Waals surface area contributed by atoms with Crippen molar-refractivity contribution in [2.24, 2.45) is 0 Å². The van der Waals surface area contributed by atoms with E-state index in [0.29, 0.717) is 12.2 Å². The zero-order valence-electron chi connectivity index (χ0n) is 11.5. The van der Waals surface area contributed by atoms with Crippen molar-refractivity contribution in [2.75, 3.05) is 6.61 Å². The van der Waals surface area contributed by atoms with Gasteiger partial charge in [-0.1, -0.05) is 32.4 Å². The molecule has 0 N–H and O–H groups in total. The van der Waals surface area contributed by atoms with Gasteiger partial charge in [0.05, 0.1) is 12.2 Å². The molecule has 96 valence electrons. The summed E-state index contributed by atoms with van der Waals surface area (Å²) in [5.74, 6) is -0.218. The van der Waals surface area contributed by atoms with E-state index in [-0.39, 0.29) is 5.97 Å². The van der Waals surface area contributed by atoms with Crippen molar-refractivity contribution >= 4 is 5.97 Å². The van der Waals surface area contributed by atoms with Crippen molar-refractivity contribution in [1.29, 1.82) is 0 Å². The van der Waals surface area contributed by atoms with Crippen LogP contribution in [0.4, 0.5) is 0 Å². The molecule has 0 rings (SSSR count). The highest BCUT2D eigenvalue weighted by molar-refractivity contribution is 5.88. The van der Waals surface area contributed by atoms with E-state index >= 15 is 0 Å². The largest absolute Gasteiger partial charge is 0.462 e. The summed E-state index contributed by atoms with van der Waals surface area (Å²) in [6.07, 6.45) is 7.54. The first-order valence-corrected chi connectivity index (χ1v) is 6.41. The second-order valence-electron chi connectivity index (χ2n) is 4.03. The third kappa shape index (κ3) is 7.59. The van der Waals surface area contributed by atoms with E-state index in [1.165, 1.54) is 0 Å². The maximum absolute atomic E-state index is 11.8. The van der Waals surface area contributed by atoms with Gasteiger partial charge in [-0.15, -0.1) is 5.73 Å². The molecule has 0 aromatic carbocycles. The third-order valence-corrected chi connectivity index (χ3v) is 2.23. The molecule has 17 heavy (non-hydrogen) atoms. The Kier molecular flexibility index (Phi) is 9.18. The molecular weight excluding hydrogens is 212 g/mol. The fourth-order valence-corrected chi connectivity index (χ4v) is 1.38. The molecule has 2 nitrogen and oxygen atoms in total. The average Bonchev–Trinajstić information content (AvgIpc) is 2.31. The highest BCUT2D eigenvalue weighted by Gasteiger charge is 2.09. The third-order valence-electron chi connectivity index (χ3n) is 2.23. The SMILES string of the molecule is C/C=C/C(C)=C=C(CCCC)C(=O)OCCC. The van der Waals surface area contributed by atoms with Crippen LogP contribution in [0.25, 0.3) is 0 Å². The zero-order chi connectivity index (χ0) is 13.1. The molecule has 0 aliphatic carbocycles. The lowest BCUT2D eigenvalue weighted by atomic mass is 10.1. The molecule has 0 amide bonds. The van der Waals surface area contributed by atoms with Crippen LogP contribution in [0.15, 0.2) is 29.0 Å². The summed E-state index contributed by atoms with van der Waals surface area (Å²) in [6, 6.07) is 0. The first-order valence-electron chi connectivity index (χ1n) is 6.41. The van der Waals surface area contributed by atoms with Crippen molar-refractivity contribution in [3.8, 4) is 0 Å². The van der Waals surface area contributed by atoms with E-state index in [1.54, 1.807) is 0 Å². The maximum Gasteiger partial charge on any atom is 0.341 e. The number of carbonyl (C=O) groups is 1. The number of carbonyl (C=O) groups excluding carboxylic acids is 1. The van der Waals surface area contributed by atoms with Crippen LogP contribution in [0.2, 0.25) is 0 Å². The second kappa shape index (κ2) is 9.92. The molecule has 0 fully saturated rings. The Morgan fingerprint density at radius 1 is 1.29 bits per heavy atom. The Morgan fingerprint density at radius 3 is 2.53 bits per heavy atom. The van der Waals surface area contributed by atoms with Crippen LogP contribution in [0, 0.1) is 0 Å². The molecule has 2 heteroatoms. The van der Waals surface area contributed by atoms with E-state index in [1.807, 2.05) is 32.9 Å². The predicted molar refractivity (Wildman–Crippen MR) is 71.8 cm³/mol. The molecule has 0 unspecified atom stereocenters. The van der Waals surface area contributed by atoms with E-state index in [2.05, 4.69) is 12.7 Å². The normalized spacial score (nSPS) is 10.1. The number of esters is 1. The molecule has 0 spiro atoms. The summed E-state index contributed by atoms with van der Waals surface area (Å²) in [5.41, 5.74) is 4.76. The number of rotatable bonds is 7. The van der Waals surface area contributed by atoms with Crippen molar-refractivity contribution in [3.63, 3.8) is 0 Å². The Balaban J connectivity index is 4.85. The quantitative estimate of drug-likeness (QED) is 0.287. The van der Waals surface area contributed by atoms with Crippen LogP contribution in [-0.4, -0.2) is 12.6 Å². The molecule has 0 saturated carbocycles. The van der Waals surface area contributed by atoms with Crippen LogP contribution in [0.3, 0.4) is 0 Å². The first-order chi connectivity index (χ1) is 8.15. The Morgan fingerprint density at radius 2 is 2.00 bits per heavy atom. The molecule has 0 aliphatic rings. The predicted octanol–water partition coefficient (Wildman–Crippen LogP) is 4.18. The number of hydrogen-bond donors (Lipinski definition) is 0. The lowest BCUT2D eigenvalue weighted by Gasteiger charge is -2.05. The van der Waals surface area contributed by atoms with Crippen LogP contribution in [0.5, 0.6) is 0 Å². The molecule has 0 aromatic heterocycles. The van der Waals surface area contributed by atoms with Gasteiger partial charge in [0.15, 0.2) is 0 Å². The van der Waals surface area contributed by atoms with Gasteiger partial charge >= 0.3 is 5.97 Å². The molecule has 0 bridgehead atoms. The van der Waals surface area contributed by atoms with Gasteiger partial charge in [-0.25, -0.2) is 4.79 Å². The lowest BCUT2D eigenvalue weighted by Crippen LogP contribution is -2.08. The summed E-state index contributed by atoms with van der Waals surface area (Å²) in [4.78, 5) is 11.8. The maximum atomic E-state index is 11.8. The van der Waals surface area contributed by atoms with Gasteiger partial charge in [-0.05, 0) is 38.7 Å². The summed E-state index contributed by atoms with van der Waals surface area (Å²) < 4.78 is 5.15. The van der Waals surface area contributed by atoms with Gasteiger partial charge in [0.2, 0.25) is 0 Å². The molecule has 0 aromatic rings.